The summed E-state index contributed by atoms with van der Waals surface area (Å²) in [5, 5.41) is 11.9. The van der Waals surface area contributed by atoms with Crippen LogP contribution in [0.25, 0.3) is 33.5 Å². The monoisotopic (exact) mass is 452 g/mol. The van der Waals surface area contributed by atoms with Gasteiger partial charge >= 0.3 is 0 Å². The topological polar surface area (TPSA) is 106 Å². The number of rotatable bonds is 4. The number of nitrogens with one attached hydrogen (secondary N) is 1. The number of pyridine rings is 1. The van der Waals surface area contributed by atoms with E-state index in [0.29, 0.717) is 24.6 Å². The lowest BCUT2D eigenvalue weighted by molar-refractivity contribution is 0.0986. The standard InChI is InChI=1S/C22H24N6O3S/c1-14-13-31-11-10-28(14)19-12-17(15-4-6-16(7-5-15)32(3,29)30)22-21(24-19)20(26-27(22)2)18-8-9-23-25-18/h4-9,12,14H,10-11,13H2,1-3H3,(H,23,25). The Labute approximate surface area is 185 Å². The summed E-state index contributed by atoms with van der Waals surface area (Å²) in [4.78, 5) is 7.53. The molecule has 4 heterocycles. The molecule has 5 rings (SSSR count). The molecule has 1 aliphatic rings. The van der Waals surface area contributed by atoms with Gasteiger partial charge in [-0.1, -0.05) is 12.1 Å². The Morgan fingerprint density at radius 2 is 1.97 bits per heavy atom. The summed E-state index contributed by atoms with van der Waals surface area (Å²) in [6, 6.07) is 11.0. The van der Waals surface area contributed by atoms with Crippen LogP contribution < -0.4 is 4.90 Å². The second-order valence-electron chi connectivity index (χ2n) is 8.07. The first kappa shape index (κ1) is 20.7. The normalized spacial score (nSPS) is 17.2. The summed E-state index contributed by atoms with van der Waals surface area (Å²) in [7, 11) is -1.39. The highest BCUT2D eigenvalue weighted by atomic mass is 32.2. The molecule has 1 fully saturated rings. The fourth-order valence-corrected chi connectivity index (χ4v) is 4.78. The molecule has 9 nitrogen and oxygen atoms in total. The van der Waals surface area contributed by atoms with Crippen LogP contribution in [0.4, 0.5) is 5.82 Å². The molecule has 32 heavy (non-hydrogen) atoms. The van der Waals surface area contributed by atoms with Crippen LogP contribution in [0.1, 0.15) is 6.92 Å². The molecule has 10 heteroatoms. The zero-order valence-electron chi connectivity index (χ0n) is 18.1. The van der Waals surface area contributed by atoms with Crippen molar-refractivity contribution in [2.45, 2.75) is 17.9 Å². The molecule has 0 amide bonds. The Hall–Kier alpha value is -3.24. The molecule has 1 aromatic carbocycles. The highest BCUT2D eigenvalue weighted by Gasteiger charge is 2.25. The first-order chi connectivity index (χ1) is 15.3. The maximum Gasteiger partial charge on any atom is 0.175 e. The van der Waals surface area contributed by atoms with Crippen LogP contribution in [0.2, 0.25) is 0 Å². The molecule has 1 aliphatic heterocycles. The number of aromatic amines is 1. The van der Waals surface area contributed by atoms with Gasteiger partial charge in [0.15, 0.2) is 9.84 Å². The molecule has 0 aliphatic carbocycles. The zero-order valence-corrected chi connectivity index (χ0v) is 18.9. The minimum Gasteiger partial charge on any atom is -0.377 e. The molecule has 3 aromatic heterocycles. The van der Waals surface area contributed by atoms with E-state index in [0.717, 1.165) is 34.5 Å². The minimum atomic E-state index is -3.27. The molecule has 1 saturated heterocycles. The predicted octanol–water partition coefficient (Wildman–Crippen LogP) is 2.65. The lowest BCUT2D eigenvalue weighted by Gasteiger charge is -2.34. The number of aryl methyl sites for hydroxylation is 1. The fourth-order valence-electron chi connectivity index (χ4n) is 4.15. The zero-order chi connectivity index (χ0) is 22.5. The average molecular weight is 453 g/mol. The average Bonchev–Trinajstić information content (AvgIpc) is 3.41. The van der Waals surface area contributed by atoms with Gasteiger partial charge in [0, 0.05) is 31.6 Å². The quantitative estimate of drug-likeness (QED) is 0.507. The van der Waals surface area contributed by atoms with Gasteiger partial charge in [-0.25, -0.2) is 13.4 Å². The predicted molar refractivity (Wildman–Crippen MR) is 122 cm³/mol. The lowest BCUT2D eigenvalue weighted by Crippen LogP contribution is -2.44. The van der Waals surface area contributed by atoms with Gasteiger partial charge in [0.2, 0.25) is 0 Å². The Kier molecular flexibility index (Phi) is 4.98. The van der Waals surface area contributed by atoms with Crippen LogP contribution in [0.15, 0.2) is 47.5 Å². The van der Waals surface area contributed by atoms with Gasteiger partial charge in [0.05, 0.1) is 29.7 Å². The number of hydrogen-bond acceptors (Lipinski definition) is 7. The van der Waals surface area contributed by atoms with Crippen LogP contribution in [0, 0.1) is 0 Å². The number of nitrogens with zero attached hydrogens (tertiary/aromatic N) is 5. The van der Waals surface area contributed by atoms with E-state index in [4.69, 9.17) is 14.8 Å². The summed E-state index contributed by atoms with van der Waals surface area (Å²) < 4.78 is 31.3. The van der Waals surface area contributed by atoms with Gasteiger partial charge in [-0.2, -0.15) is 10.2 Å². The van der Waals surface area contributed by atoms with Gasteiger partial charge in [-0.05, 0) is 36.8 Å². The van der Waals surface area contributed by atoms with Crippen LogP contribution in [0.3, 0.4) is 0 Å². The number of H-pyrrole nitrogens is 1. The van der Waals surface area contributed by atoms with E-state index in [-0.39, 0.29) is 10.9 Å². The Morgan fingerprint density at radius 3 is 2.62 bits per heavy atom. The molecule has 4 aromatic rings. The van der Waals surface area contributed by atoms with Crippen molar-refractivity contribution < 1.29 is 13.2 Å². The summed E-state index contributed by atoms with van der Waals surface area (Å²) >= 11 is 0. The van der Waals surface area contributed by atoms with Gasteiger partial charge < -0.3 is 9.64 Å². The van der Waals surface area contributed by atoms with Crippen LogP contribution in [-0.2, 0) is 21.6 Å². The molecule has 0 bridgehead atoms. The van der Waals surface area contributed by atoms with Crippen molar-refractivity contribution >= 4 is 26.7 Å². The van der Waals surface area contributed by atoms with Crippen molar-refractivity contribution in [3.63, 3.8) is 0 Å². The van der Waals surface area contributed by atoms with E-state index in [1.54, 1.807) is 23.0 Å². The summed E-state index contributed by atoms with van der Waals surface area (Å²) in [6.07, 6.45) is 2.97. The van der Waals surface area contributed by atoms with Gasteiger partial charge in [-0.3, -0.25) is 9.78 Å². The first-order valence-corrected chi connectivity index (χ1v) is 12.2. The molecule has 0 spiro atoms. The Bertz CT molecular complexity index is 1380. The molecule has 1 N–H and O–H groups in total. The molecule has 166 valence electrons. The van der Waals surface area contributed by atoms with Crippen molar-refractivity contribution in [3.8, 4) is 22.5 Å². The SMILES string of the molecule is CC1COCCN1c1cc(-c2ccc(S(C)(=O)=O)cc2)c2c(n1)c(-c1cc[nH]n1)nn2C. The number of sulfone groups is 1. The van der Waals surface area contributed by atoms with Gasteiger partial charge in [0.25, 0.3) is 0 Å². The third kappa shape index (κ3) is 3.55. The van der Waals surface area contributed by atoms with Crippen molar-refractivity contribution in [1.29, 1.82) is 0 Å². The number of benzene rings is 1. The lowest BCUT2D eigenvalue weighted by atomic mass is 10.0. The van der Waals surface area contributed by atoms with Crippen molar-refractivity contribution in [2.75, 3.05) is 30.9 Å². The van der Waals surface area contributed by atoms with Crippen molar-refractivity contribution in [1.82, 2.24) is 25.0 Å². The second kappa shape index (κ2) is 7.72. The smallest absolute Gasteiger partial charge is 0.175 e. The van der Waals surface area contributed by atoms with Gasteiger partial charge in [-0.15, -0.1) is 0 Å². The largest absolute Gasteiger partial charge is 0.377 e. The number of aromatic nitrogens is 5. The van der Waals surface area contributed by atoms with Crippen LogP contribution in [-0.4, -0.2) is 65.4 Å². The van der Waals surface area contributed by atoms with Crippen molar-refractivity contribution in [2.24, 2.45) is 7.05 Å². The summed E-state index contributed by atoms with van der Waals surface area (Å²) in [5.74, 6) is 0.834. The Balaban J connectivity index is 1.75. The summed E-state index contributed by atoms with van der Waals surface area (Å²) in [6.45, 7) is 4.13. The maximum absolute atomic E-state index is 11.9. The summed E-state index contributed by atoms with van der Waals surface area (Å²) in [5.41, 5.74) is 4.84. The third-order valence-corrected chi connectivity index (χ3v) is 6.90. The number of fused-ring (bicyclic) bond motifs is 1. The molecule has 0 saturated carbocycles. The first-order valence-electron chi connectivity index (χ1n) is 10.4. The second-order valence-corrected chi connectivity index (χ2v) is 10.1. The molecule has 1 atom stereocenters. The highest BCUT2D eigenvalue weighted by Crippen LogP contribution is 2.36. The van der Waals surface area contributed by atoms with E-state index in [9.17, 15) is 8.42 Å². The van der Waals surface area contributed by atoms with Crippen LogP contribution in [0.5, 0.6) is 0 Å². The van der Waals surface area contributed by atoms with E-state index in [1.165, 1.54) is 6.26 Å². The highest BCUT2D eigenvalue weighted by molar-refractivity contribution is 7.90. The molecular formula is C22H24N6O3S. The number of hydrogen-bond donors (Lipinski definition) is 1. The number of anilines is 1. The fraction of sp³-hybridized carbons (Fsp3) is 0.318. The third-order valence-electron chi connectivity index (χ3n) is 5.78. The number of morpholine rings is 1. The molecule has 1 unspecified atom stereocenters. The van der Waals surface area contributed by atoms with E-state index in [1.807, 2.05) is 25.2 Å². The van der Waals surface area contributed by atoms with Crippen molar-refractivity contribution in [3.05, 3.63) is 42.6 Å². The van der Waals surface area contributed by atoms with E-state index >= 15 is 0 Å². The molecular weight excluding hydrogens is 428 g/mol. The maximum atomic E-state index is 11.9. The van der Waals surface area contributed by atoms with E-state index < -0.39 is 9.84 Å². The van der Waals surface area contributed by atoms with E-state index in [2.05, 4.69) is 28.1 Å². The molecule has 0 radical (unpaired) electrons. The Morgan fingerprint density at radius 1 is 1.19 bits per heavy atom. The van der Waals surface area contributed by atoms with Gasteiger partial charge in [0.1, 0.15) is 22.7 Å². The number of ether oxygens (including phenoxy) is 1. The minimum absolute atomic E-state index is 0.180. The van der Waals surface area contributed by atoms with Crippen LogP contribution >= 0.6 is 0 Å².